The van der Waals surface area contributed by atoms with Crippen LogP contribution >= 0.6 is 11.3 Å². The Morgan fingerprint density at radius 3 is 2.48 bits per heavy atom. The van der Waals surface area contributed by atoms with Gasteiger partial charge in [-0.2, -0.15) is 9.40 Å². The topological polar surface area (TPSA) is 58.4 Å². The van der Waals surface area contributed by atoms with Crippen LogP contribution in [0.2, 0.25) is 0 Å². The molecule has 1 aliphatic heterocycles. The van der Waals surface area contributed by atoms with Crippen molar-refractivity contribution in [3.8, 4) is 0 Å². The summed E-state index contributed by atoms with van der Waals surface area (Å²) in [5.41, 5.74) is 2.04. The third-order valence-electron chi connectivity index (χ3n) is 3.60. The van der Waals surface area contributed by atoms with E-state index in [1.807, 2.05) is 31.7 Å². The Hall–Kier alpha value is -1.38. The maximum Gasteiger partial charge on any atom is 0.252 e. The zero-order valence-electron chi connectivity index (χ0n) is 12.1. The van der Waals surface area contributed by atoms with Crippen LogP contribution in [0.5, 0.6) is 0 Å². The number of rotatable bonds is 3. The first-order valence-electron chi connectivity index (χ1n) is 6.76. The zero-order valence-corrected chi connectivity index (χ0v) is 13.7. The van der Waals surface area contributed by atoms with Crippen LogP contribution in [0.25, 0.3) is 0 Å². The molecule has 0 atom stereocenters. The minimum absolute atomic E-state index is 0.440. The molecule has 0 radical (unpaired) electrons. The number of sulfonamides is 1. The second-order valence-electron chi connectivity index (χ2n) is 5.21. The fraction of sp³-hybridized carbons (Fsp3) is 0.462. The molecule has 0 N–H and O–H groups in total. The Morgan fingerprint density at radius 2 is 1.95 bits per heavy atom. The monoisotopic (exact) mass is 326 g/mol. The van der Waals surface area contributed by atoms with Gasteiger partial charge in [-0.1, -0.05) is 0 Å². The lowest BCUT2D eigenvalue weighted by Gasteiger charge is -2.34. The largest absolute Gasteiger partial charge is 0.366 e. The van der Waals surface area contributed by atoms with Gasteiger partial charge in [-0.15, -0.1) is 11.3 Å². The standard InChI is InChI=1S/C13H18N4O2S2/c1-11-7-13(20-10-11)21(18,19)17-5-3-16(4-6-17)12-8-14-15(2)9-12/h7-10H,3-6H2,1-2H3. The first kappa shape index (κ1) is 14.6. The average molecular weight is 326 g/mol. The fourth-order valence-corrected chi connectivity index (χ4v) is 5.23. The fourth-order valence-electron chi connectivity index (χ4n) is 2.43. The molecule has 0 unspecified atom stereocenters. The van der Waals surface area contributed by atoms with E-state index >= 15 is 0 Å². The molecule has 1 aliphatic rings. The summed E-state index contributed by atoms with van der Waals surface area (Å²) in [6.45, 7) is 4.31. The van der Waals surface area contributed by atoms with Crippen molar-refractivity contribution < 1.29 is 8.42 Å². The molecule has 0 aromatic carbocycles. The smallest absolute Gasteiger partial charge is 0.252 e. The van der Waals surface area contributed by atoms with Gasteiger partial charge in [-0.05, 0) is 23.9 Å². The van der Waals surface area contributed by atoms with Crippen LogP contribution in [0.15, 0.2) is 28.0 Å². The predicted molar refractivity (Wildman–Crippen MR) is 83.2 cm³/mol. The van der Waals surface area contributed by atoms with Crippen molar-refractivity contribution in [1.82, 2.24) is 14.1 Å². The molecular weight excluding hydrogens is 308 g/mol. The summed E-state index contributed by atoms with van der Waals surface area (Å²) in [4.78, 5) is 2.17. The Labute approximate surface area is 128 Å². The minimum Gasteiger partial charge on any atom is -0.366 e. The molecule has 3 heterocycles. The van der Waals surface area contributed by atoms with Crippen LogP contribution in [-0.2, 0) is 17.1 Å². The van der Waals surface area contributed by atoms with E-state index in [0.29, 0.717) is 30.4 Å². The molecule has 0 bridgehead atoms. The van der Waals surface area contributed by atoms with Crippen molar-refractivity contribution in [3.63, 3.8) is 0 Å². The van der Waals surface area contributed by atoms with Crippen LogP contribution in [-0.4, -0.2) is 48.7 Å². The lowest BCUT2D eigenvalue weighted by atomic mass is 10.3. The van der Waals surface area contributed by atoms with E-state index in [0.717, 1.165) is 11.3 Å². The van der Waals surface area contributed by atoms with E-state index in [9.17, 15) is 8.42 Å². The Kier molecular flexibility index (Phi) is 3.76. The molecule has 0 amide bonds. The van der Waals surface area contributed by atoms with Crippen LogP contribution in [0.4, 0.5) is 5.69 Å². The number of nitrogens with zero attached hydrogens (tertiary/aromatic N) is 4. The first-order valence-corrected chi connectivity index (χ1v) is 9.08. The van der Waals surface area contributed by atoms with Crippen LogP contribution in [0, 0.1) is 6.92 Å². The SMILES string of the molecule is Cc1csc(S(=O)(=O)N2CCN(c3cnn(C)c3)CC2)c1. The van der Waals surface area contributed by atoms with Gasteiger partial charge in [-0.3, -0.25) is 4.68 Å². The molecule has 0 saturated carbocycles. The van der Waals surface area contributed by atoms with Gasteiger partial charge in [0, 0.05) is 39.4 Å². The van der Waals surface area contributed by atoms with Gasteiger partial charge in [0.2, 0.25) is 0 Å². The molecule has 1 saturated heterocycles. The van der Waals surface area contributed by atoms with Crippen LogP contribution in [0.3, 0.4) is 0 Å². The van der Waals surface area contributed by atoms with E-state index in [2.05, 4.69) is 10.00 Å². The van der Waals surface area contributed by atoms with Gasteiger partial charge in [0.1, 0.15) is 4.21 Å². The van der Waals surface area contributed by atoms with Gasteiger partial charge < -0.3 is 4.90 Å². The third-order valence-corrected chi connectivity index (χ3v) is 7.03. The highest BCUT2D eigenvalue weighted by molar-refractivity contribution is 7.91. The maximum atomic E-state index is 12.5. The molecule has 2 aromatic heterocycles. The lowest BCUT2D eigenvalue weighted by Crippen LogP contribution is -2.48. The quantitative estimate of drug-likeness (QED) is 0.853. The molecule has 3 rings (SSSR count). The molecule has 114 valence electrons. The molecule has 2 aromatic rings. The second-order valence-corrected chi connectivity index (χ2v) is 8.28. The highest BCUT2D eigenvalue weighted by atomic mass is 32.2. The molecule has 6 nitrogen and oxygen atoms in total. The van der Waals surface area contributed by atoms with E-state index in [1.165, 1.54) is 11.3 Å². The highest BCUT2D eigenvalue weighted by Crippen LogP contribution is 2.25. The van der Waals surface area contributed by atoms with Gasteiger partial charge in [-0.25, -0.2) is 8.42 Å². The number of hydrogen-bond acceptors (Lipinski definition) is 5. The summed E-state index contributed by atoms with van der Waals surface area (Å²) in [7, 11) is -1.46. The first-order chi connectivity index (χ1) is 9.96. The number of aromatic nitrogens is 2. The maximum absolute atomic E-state index is 12.5. The molecule has 0 aliphatic carbocycles. The number of hydrogen-bond donors (Lipinski definition) is 0. The summed E-state index contributed by atoms with van der Waals surface area (Å²) in [5, 5.41) is 6.03. The molecule has 0 spiro atoms. The summed E-state index contributed by atoms with van der Waals surface area (Å²) in [6.07, 6.45) is 3.76. The Bertz CT molecular complexity index is 727. The van der Waals surface area contributed by atoms with Gasteiger partial charge in [0.05, 0.1) is 11.9 Å². The van der Waals surface area contributed by atoms with Gasteiger partial charge >= 0.3 is 0 Å². The van der Waals surface area contributed by atoms with Crippen molar-refractivity contribution in [1.29, 1.82) is 0 Å². The molecular formula is C13H18N4O2S2. The number of anilines is 1. The molecule has 21 heavy (non-hydrogen) atoms. The molecule has 1 fully saturated rings. The minimum atomic E-state index is -3.34. The van der Waals surface area contributed by atoms with Gasteiger partial charge in [0.25, 0.3) is 10.0 Å². The van der Waals surface area contributed by atoms with Gasteiger partial charge in [0.15, 0.2) is 0 Å². The Morgan fingerprint density at radius 1 is 1.24 bits per heavy atom. The Balaban J connectivity index is 1.71. The number of piperazine rings is 1. The summed E-state index contributed by atoms with van der Waals surface area (Å²) in [5.74, 6) is 0. The van der Waals surface area contributed by atoms with Crippen molar-refractivity contribution in [3.05, 3.63) is 29.4 Å². The second kappa shape index (κ2) is 5.43. The number of thiophene rings is 1. The van der Waals surface area contributed by atoms with Crippen molar-refractivity contribution in [2.24, 2.45) is 7.05 Å². The van der Waals surface area contributed by atoms with Crippen molar-refractivity contribution >= 4 is 27.0 Å². The molecule has 8 heteroatoms. The van der Waals surface area contributed by atoms with Crippen molar-refractivity contribution in [2.45, 2.75) is 11.1 Å². The normalized spacial score (nSPS) is 17.3. The summed E-state index contributed by atoms with van der Waals surface area (Å²) >= 11 is 1.29. The number of aryl methyl sites for hydroxylation is 2. The zero-order chi connectivity index (χ0) is 15.0. The van der Waals surface area contributed by atoms with Crippen LogP contribution in [0.1, 0.15) is 5.56 Å². The highest BCUT2D eigenvalue weighted by Gasteiger charge is 2.29. The van der Waals surface area contributed by atoms with Crippen molar-refractivity contribution in [2.75, 3.05) is 31.1 Å². The van der Waals surface area contributed by atoms with E-state index < -0.39 is 10.0 Å². The summed E-state index contributed by atoms with van der Waals surface area (Å²) < 4.78 is 28.9. The van der Waals surface area contributed by atoms with E-state index in [-0.39, 0.29) is 0 Å². The van der Waals surface area contributed by atoms with Crippen LogP contribution < -0.4 is 4.90 Å². The third kappa shape index (κ3) is 2.83. The lowest BCUT2D eigenvalue weighted by molar-refractivity contribution is 0.386. The van der Waals surface area contributed by atoms with E-state index in [1.54, 1.807) is 15.1 Å². The predicted octanol–water partition coefficient (Wildman–Crippen LogP) is 1.30. The summed E-state index contributed by atoms with van der Waals surface area (Å²) in [6, 6.07) is 1.74. The van der Waals surface area contributed by atoms with E-state index in [4.69, 9.17) is 0 Å². The average Bonchev–Trinajstić information content (AvgIpc) is 3.08.